The Kier molecular flexibility index (Phi) is 8.29. The third-order valence-corrected chi connectivity index (χ3v) is 3.85. The number of rotatable bonds is 9. The molecule has 0 N–H and O–H groups in total. The van der Waals surface area contributed by atoms with Crippen LogP contribution in [0, 0.1) is 11.8 Å². The van der Waals surface area contributed by atoms with Gasteiger partial charge in [0.2, 0.25) is 0 Å². The Hall–Kier alpha value is -1.08. The van der Waals surface area contributed by atoms with Crippen molar-refractivity contribution in [1.29, 1.82) is 0 Å². The Morgan fingerprint density at radius 3 is 2.35 bits per heavy atom. The summed E-state index contributed by atoms with van der Waals surface area (Å²) in [6.45, 7) is 9.72. The number of hydrogen-bond donors (Lipinski definition) is 0. The van der Waals surface area contributed by atoms with Crippen molar-refractivity contribution in [2.75, 3.05) is 0 Å². The van der Waals surface area contributed by atoms with Crippen LogP contribution in [0.25, 0.3) is 0 Å². The summed E-state index contributed by atoms with van der Waals surface area (Å²) in [5.74, 6) is 1.52. The second-order valence-corrected chi connectivity index (χ2v) is 5.95. The lowest BCUT2D eigenvalue weighted by Crippen LogP contribution is -2.15. The van der Waals surface area contributed by atoms with Crippen molar-refractivity contribution in [3.8, 4) is 0 Å². The fourth-order valence-electron chi connectivity index (χ4n) is 2.54. The van der Waals surface area contributed by atoms with Crippen LogP contribution >= 0.6 is 0 Å². The van der Waals surface area contributed by atoms with Crippen LogP contribution in [0.5, 0.6) is 0 Å². The van der Waals surface area contributed by atoms with Crippen LogP contribution in [0.1, 0.15) is 52.5 Å². The topological polar surface area (TPSA) is 9.23 Å². The fraction of sp³-hybridized carbons (Fsp3) is 0.579. The van der Waals surface area contributed by atoms with Gasteiger partial charge in [-0.2, -0.15) is 0 Å². The summed E-state index contributed by atoms with van der Waals surface area (Å²) < 4.78 is 6.07. The van der Waals surface area contributed by atoms with E-state index < -0.39 is 0 Å². The first-order valence-corrected chi connectivity index (χ1v) is 7.94. The highest BCUT2D eigenvalue weighted by Crippen LogP contribution is 2.21. The van der Waals surface area contributed by atoms with Gasteiger partial charge in [0.05, 0.1) is 12.7 Å². The van der Waals surface area contributed by atoms with Crippen molar-refractivity contribution in [2.24, 2.45) is 11.8 Å². The van der Waals surface area contributed by atoms with Crippen LogP contribution in [0.4, 0.5) is 0 Å². The summed E-state index contributed by atoms with van der Waals surface area (Å²) >= 11 is 0. The normalized spacial score (nSPS) is 16.2. The van der Waals surface area contributed by atoms with Gasteiger partial charge in [-0.25, -0.2) is 0 Å². The third-order valence-electron chi connectivity index (χ3n) is 3.85. The lowest BCUT2D eigenvalue weighted by molar-refractivity contribution is 0.0545. The first-order chi connectivity index (χ1) is 9.65. The van der Waals surface area contributed by atoms with Gasteiger partial charge in [-0.05, 0) is 37.2 Å². The van der Waals surface area contributed by atoms with E-state index in [2.05, 4.69) is 64.1 Å². The van der Waals surface area contributed by atoms with Crippen LogP contribution < -0.4 is 0 Å². The van der Waals surface area contributed by atoms with E-state index in [0.717, 1.165) is 12.3 Å². The van der Waals surface area contributed by atoms with Crippen LogP contribution in [0.2, 0.25) is 0 Å². The molecule has 0 aromatic heterocycles. The van der Waals surface area contributed by atoms with E-state index in [0.29, 0.717) is 12.5 Å². The molecule has 0 saturated heterocycles. The van der Waals surface area contributed by atoms with Gasteiger partial charge in [0.15, 0.2) is 0 Å². The van der Waals surface area contributed by atoms with Crippen LogP contribution in [-0.4, -0.2) is 6.10 Å². The Balaban J connectivity index is 2.44. The fourth-order valence-corrected chi connectivity index (χ4v) is 2.54. The van der Waals surface area contributed by atoms with Crippen molar-refractivity contribution in [3.63, 3.8) is 0 Å². The van der Waals surface area contributed by atoms with Gasteiger partial charge in [0.25, 0.3) is 0 Å². The van der Waals surface area contributed by atoms with E-state index >= 15 is 0 Å². The Labute approximate surface area is 125 Å². The number of hydrogen-bond acceptors (Lipinski definition) is 1. The van der Waals surface area contributed by atoms with Crippen molar-refractivity contribution >= 4 is 0 Å². The molecular formula is C19H30O. The highest BCUT2D eigenvalue weighted by atomic mass is 16.5. The molecule has 3 atom stereocenters. The molecule has 1 heteroatoms. The van der Waals surface area contributed by atoms with Gasteiger partial charge in [0, 0.05) is 0 Å². The third kappa shape index (κ3) is 6.91. The molecule has 112 valence electrons. The molecule has 1 aromatic carbocycles. The minimum Gasteiger partial charge on any atom is -0.369 e. The Bertz CT molecular complexity index is 369. The van der Waals surface area contributed by atoms with Crippen molar-refractivity contribution in [2.45, 2.75) is 59.7 Å². The molecule has 0 bridgehead atoms. The van der Waals surface area contributed by atoms with Crippen LogP contribution in [0.15, 0.2) is 42.5 Å². The molecule has 0 aliphatic rings. The Morgan fingerprint density at radius 1 is 1.05 bits per heavy atom. The molecule has 0 heterocycles. The van der Waals surface area contributed by atoms with Gasteiger partial charge in [0.1, 0.15) is 0 Å². The molecular weight excluding hydrogens is 244 g/mol. The molecule has 0 aliphatic carbocycles. The lowest BCUT2D eigenvalue weighted by atomic mass is 9.91. The second kappa shape index (κ2) is 9.77. The van der Waals surface area contributed by atoms with E-state index in [9.17, 15) is 0 Å². The molecule has 1 rings (SSSR count). The van der Waals surface area contributed by atoms with Gasteiger partial charge in [-0.15, -0.1) is 0 Å². The molecule has 20 heavy (non-hydrogen) atoms. The summed E-state index contributed by atoms with van der Waals surface area (Å²) in [5, 5.41) is 0. The lowest BCUT2D eigenvalue weighted by Gasteiger charge is -2.21. The molecule has 0 aliphatic heterocycles. The average molecular weight is 274 g/mol. The average Bonchev–Trinajstić information content (AvgIpc) is 2.46. The highest BCUT2D eigenvalue weighted by Gasteiger charge is 2.13. The van der Waals surface area contributed by atoms with Crippen LogP contribution in [-0.2, 0) is 11.3 Å². The van der Waals surface area contributed by atoms with Crippen LogP contribution in [0.3, 0.4) is 0 Å². The van der Waals surface area contributed by atoms with Gasteiger partial charge < -0.3 is 4.74 Å². The molecule has 0 saturated carbocycles. The van der Waals surface area contributed by atoms with Gasteiger partial charge >= 0.3 is 0 Å². The predicted molar refractivity (Wildman–Crippen MR) is 87.7 cm³/mol. The number of benzene rings is 1. The van der Waals surface area contributed by atoms with E-state index in [-0.39, 0.29) is 6.10 Å². The first kappa shape index (κ1) is 17.0. The first-order valence-electron chi connectivity index (χ1n) is 7.94. The minimum absolute atomic E-state index is 0.235. The SMILES string of the molecule is C/C=C\C(CC(C)CC(C)CC)OCc1ccccc1. The van der Waals surface area contributed by atoms with E-state index in [1.54, 1.807) is 0 Å². The zero-order chi connectivity index (χ0) is 14.8. The smallest absolute Gasteiger partial charge is 0.0762 e. The van der Waals surface area contributed by atoms with Crippen molar-refractivity contribution in [3.05, 3.63) is 48.0 Å². The maximum atomic E-state index is 6.07. The maximum Gasteiger partial charge on any atom is 0.0762 e. The summed E-state index contributed by atoms with van der Waals surface area (Å²) in [4.78, 5) is 0. The molecule has 3 unspecified atom stereocenters. The van der Waals surface area contributed by atoms with E-state index in [1.807, 2.05) is 6.07 Å². The summed E-state index contributed by atoms with van der Waals surface area (Å²) in [6, 6.07) is 10.4. The quantitative estimate of drug-likeness (QED) is 0.532. The predicted octanol–water partition coefficient (Wildman–Crippen LogP) is 5.61. The number of allylic oxidation sites excluding steroid dienone is 1. The molecule has 0 spiro atoms. The highest BCUT2D eigenvalue weighted by molar-refractivity contribution is 5.13. The molecule has 0 fully saturated rings. The molecule has 1 nitrogen and oxygen atoms in total. The van der Waals surface area contributed by atoms with E-state index in [4.69, 9.17) is 4.74 Å². The van der Waals surface area contributed by atoms with Gasteiger partial charge in [-0.3, -0.25) is 0 Å². The molecule has 0 amide bonds. The zero-order valence-electron chi connectivity index (χ0n) is 13.5. The Morgan fingerprint density at radius 2 is 1.75 bits per heavy atom. The second-order valence-electron chi connectivity index (χ2n) is 5.95. The summed E-state index contributed by atoms with van der Waals surface area (Å²) in [6.07, 6.45) is 8.20. The standard InChI is InChI=1S/C19H30O/c1-5-10-19(14-17(4)13-16(3)6-2)20-15-18-11-8-7-9-12-18/h5,7-12,16-17,19H,6,13-15H2,1-4H3/b10-5-. The van der Waals surface area contributed by atoms with Crippen molar-refractivity contribution in [1.82, 2.24) is 0 Å². The number of ether oxygens (including phenoxy) is 1. The monoisotopic (exact) mass is 274 g/mol. The molecule has 1 aromatic rings. The van der Waals surface area contributed by atoms with Gasteiger partial charge in [-0.1, -0.05) is 69.7 Å². The summed E-state index contributed by atoms with van der Waals surface area (Å²) in [7, 11) is 0. The minimum atomic E-state index is 0.235. The summed E-state index contributed by atoms with van der Waals surface area (Å²) in [5.41, 5.74) is 1.25. The maximum absolute atomic E-state index is 6.07. The van der Waals surface area contributed by atoms with Crippen molar-refractivity contribution < 1.29 is 4.74 Å². The van der Waals surface area contributed by atoms with E-state index in [1.165, 1.54) is 18.4 Å². The molecule has 0 radical (unpaired) electrons. The zero-order valence-corrected chi connectivity index (χ0v) is 13.5. The largest absolute Gasteiger partial charge is 0.369 e.